The number of hydrogen-bond acceptors (Lipinski definition) is 3. The molecule has 0 saturated carbocycles. The quantitative estimate of drug-likeness (QED) is 0.675. The van der Waals surface area contributed by atoms with Gasteiger partial charge in [0.05, 0.1) is 11.1 Å². The molecule has 0 unspecified atom stereocenters. The van der Waals surface area contributed by atoms with Crippen LogP contribution in [-0.2, 0) is 0 Å². The molecule has 0 atom stereocenters. The van der Waals surface area contributed by atoms with Crippen LogP contribution >= 0.6 is 0 Å². The molecule has 0 spiro atoms. The predicted molar refractivity (Wildman–Crippen MR) is 66.9 cm³/mol. The van der Waals surface area contributed by atoms with E-state index in [0.717, 1.165) is 5.52 Å². The molecule has 2 N–H and O–H groups in total. The van der Waals surface area contributed by atoms with Crippen LogP contribution < -0.4 is 5.56 Å². The van der Waals surface area contributed by atoms with Gasteiger partial charge in [0, 0.05) is 17.8 Å². The van der Waals surface area contributed by atoms with Crippen LogP contribution in [0.15, 0.2) is 41.3 Å². The average Bonchev–Trinajstić information content (AvgIpc) is 2.82. The van der Waals surface area contributed by atoms with Gasteiger partial charge in [-0.05, 0) is 18.2 Å². The standard InChI is InChI=1S/C13H8N4O/c14-7-9-2-1-3-10-12(9)17-13(16-10)8-4-5-15-11(18)6-8/h1-6H,(H,15,18)(H,16,17). The number of imidazole rings is 1. The number of benzene rings is 1. The molecule has 3 aromatic rings. The number of fused-ring (bicyclic) bond motifs is 1. The van der Waals surface area contributed by atoms with Crippen molar-refractivity contribution in [1.29, 1.82) is 5.26 Å². The molecule has 0 radical (unpaired) electrons. The highest BCUT2D eigenvalue weighted by molar-refractivity contribution is 5.84. The Morgan fingerprint density at radius 3 is 2.94 bits per heavy atom. The van der Waals surface area contributed by atoms with Crippen LogP contribution in [-0.4, -0.2) is 15.0 Å². The third-order valence-corrected chi connectivity index (χ3v) is 2.68. The van der Waals surface area contributed by atoms with Crippen LogP contribution in [0.5, 0.6) is 0 Å². The number of hydrogen-bond donors (Lipinski definition) is 2. The average molecular weight is 236 g/mol. The number of aromatic amines is 2. The monoisotopic (exact) mass is 236 g/mol. The van der Waals surface area contributed by atoms with Gasteiger partial charge in [-0.15, -0.1) is 0 Å². The Balaban J connectivity index is 2.26. The second kappa shape index (κ2) is 3.86. The molecule has 1 aromatic carbocycles. The van der Waals surface area contributed by atoms with Crippen molar-refractivity contribution in [2.45, 2.75) is 0 Å². The van der Waals surface area contributed by atoms with E-state index < -0.39 is 0 Å². The van der Waals surface area contributed by atoms with Crippen molar-refractivity contribution in [3.63, 3.8) is 0 Å². The lowest BCUT2D eigenvalue weighted by atomic mass is 10.2. The summed E-state index contributed by atoms with van der Waals surface area (Å²) in [6.07, 6.45) is 1.57. The Kier molecular flexibility index (Phi) is 2.21. The highest BCUT2D eigenvalue weighted by Crippen LogP contribution is 2.21. The van der Waals surface area contributed by atoms with Gasteiger partial charge in [-0.3, -0.25) is 4.79 Å². The number of nitrogens with zero attached hydrogens (tertiary/aromatic N) is 2. The molecule has 0 aliphatic carbocycles. The number of nitriles is 1. The SMILES string of the molecule is N#Cc1cccc2[nH]c(-c3cc[nH]c(=O)c3)nc12. The first-order valence-corrected chi connectivity index (χ1v) is 5.36. The molecule has 0 aliphatic rings. The van der Waals surface area contributed by atoms with Crippen molar-refractivity contribution in [2.75, 3.05) is 0 Å². The van der Waals surface area contributed by atoms with Gasteiger partial charge in [0.15, 0.2) is 0 Å². The summed E-state index contributed by atoms with van der Waals surface area (Å²) >= 11 is 0. The van der Waals surface area contributed by atoms with E-state index >= 15 is 0 Å². The first kappa shape index (κ1) is 10.3. The molecule has 0 amide bonds. The van der Waals surface area contributed by atoms with Gasteiger partial charge < -0.3 is 9.97 Å². The molecule has 86 valence electrons. The van der Waals surface area contributed by atoms with Gasteiger partial charge in [0.2, 0.25) is 5.56 Å². The van der Waals surface area contributed by atoms with E-state index in [4.69, 9.17) is 5.26 Å². The molecule has 5 nitrogen and oxygen atoms in total. The Labute approximate surface area is 102 Å². The molecule has 0 saturated heterocycles. The van der Waals surface area contributed by atoms with Crippen LogP contribution in [0.4, 0.5) is 0 Å². The van der Waals surface area contributed by atoms with E-state index in [1.54, 1.807) is 24.4 Å². The van der Waals surface area contributed by atoms with Gasteiger partial charge in [-0.2, -0.15) is 5.26 Å². The maximum absolute atomic E-state index is 11.3. The molecule has 0 bridgehead atoms. The van der Waals surface area contributed by atoms with Gasteiger partial charge in [0.1, 0.15) is 17.4 Å². The lowest BCUT2D eigenvalue weighted by Gasteiger charge is -1.93. The summed E-state index contributed by atoms with van der Waals surface area (Å²) in [6.45, 7) is 0. The largest absolute Gasteiger partial charge is 0.338 e. The van der Waals surface area contributed by atoms with Crippen molar-refractivity contribution in [2.24, 2.45) is 0 Å². The number of para-hydroxylation sites is 1. The van der Waals surface area contributed by atoms with E-state index in [1.807, 2.05) is 6.07 Å². The lowest BCUT2D eigenvalue weighted by Crippen LogP contribution is -2.02. The summed E-state index contributed by atoms with van der Waals surface area (Å²) in [4.78, 5) is 21.3. The molecule has 18 heavy (non-hydrogen) atoms. The molecule has 2 heterocycles. The summed E-state index contributed by atoms with van der Waals surface area (Å²) in [5.74, 6) is 0.582. The predicted octanol–water partition coefficient (Wildman–Crippen LogP) is 1.79. The fourth-order valence-corrected chi connectivity index (χ4v) is 1.85. The summed E-state index contributed by atoms with van der Waals surface area (Å²) in [6, 6.07) is 10.7. The van der Waals surface area contributed by atoms with Crippen molar-refractivity contribution in [3.8, 4) is 17.5 Å². The smallest absolute Gasteiger partial charge is 0.248 e. The maximum Gasteiger partial charge on any atom is 0.248 e. The van der Waals surface area contributed by atoms with Crippen LogP contribution in [0.25, 0.3) is 22.4 Å². The van der Waals surface area contributed by atoms with Gasteiger partial charge in [-0.25, -0.2) is 4.98 Å². The number of pyridine rings is 1. The maximum atomic E-state index is 11.3. The molecule has 0 aliphatic heterocycles. The lowest BCUT2D eigenvalue weighted by molar-refractivity contribution is 1.22. The van der Waals surface area contributed by atoms with Gasteiger partial charge in [-0.1, -0.05) is 6.07 Å². The molecular weight excluding hydrogens is 228 g/mol. The number of aromatic nitrogens is 3. The van der Waals surface area contributed by atoms with Crippen LogP contribution in [0.1, 0.15) is 5.56 Å². The molecule has 5 heteroatoms. The molecular formula is C13H8N4O. The highest BCUT2D eigenvalue weighted by atomic mass is 16.1. The van der Waals surface area contributed by atoms with Crippen molar-refractivity contribution >= 4 is 11.0 Å². The zero-order valence-corrected chi connectivity index (χ0v) is 9.27. The second-order valence-electron chi connectivity index (χ2n) is 3.84. The number of rotatable bonds is 1. The van der Waals surface area contributed by atoms with E-state index in [0.29, 0.717) is 22.5 Å². The number of H-pyrrole nitrogens is 2. The summed E-state index contributed by atoms with van der Waals surface area (Å²) in [5, 5.41) is 9.00. The van der Waals surface area contributed by atoms with E-state index in [1.165, 1.54) is 6.07 Å². The molecule has 3 rings (SSSR count). The first-order chi connectivity index (χ1) is 8.78. The fraction of sp³-hybridized carbons (Fsp3) is 0. The third-order valence-electron chi connectivity index (χ3n) is 2.68. The minimum Gasteiger partial charge on any atom is -0.338 e. The zero-order valence-electron chi connectivity index (χ0n) is 9.27. The Morgan fingerprint density at radius 2 is 2.17 bits per heavy atom. The minimum absolute atomic E-state index is 0.187. The van der Waals surface area contributed by atoms with Crippen molar-refractivity contribution in [1.82, 2.24) is 15.0 Å². The minimum atomic E-state index is -0.187. The van der Waals surface area contributed by atoms with Gasteiger partial charge in [0.25, 0.3) is 0 Å². The Hall–Kier alpha value is -2.87. The Bertz CT molecular complexity index is 823. The summed E-state index contributed by atoms with van der Waals surface area (Å²) in [5.41, 5.74) is 2.42. The second-order valence-corrected chi connectivity index (χ2v) is 3.84. The molecule has 2 aromatic heterocycles. The molecule has 0 fully saturated rings. The topological polar surface area (TPSA) is 85.3 Å². The zero-order chi connectivity index (χ0) is 12.5. The van der Waals surface area contributed by atoms with E-state index in [9.17, 15) is 4.79 Å². The van der Waals surface area contributed by atoms with E-state index in [-0.39, 0.29) is 5.56 Å². The van der Waals surface area contributed by atoms with Crippen LogP contribution in [0, 0.1) is 11.3 Å². The normalized spacial score (nSPS) is 10.4. The van der Waals surface area contributed by atoms with E-state index in [2.05, 4.69) is 21.0 Å². The Morgan fingerprint density at radius 1 is 1.28 bits per heavy atom. The summed E-state index contributed by atoms with van der Waals surface area (Å²) < 4.78 is 0. The fourth-order valence-electron chi connectivity index (χ4n) is 1.85. The number of nitrogens with one attached hydrogen (secondary N) is 2. The third kappa shape index (κ3) is 1.57. The van der Waals surface area contributed by atoms with Crippen molar-refractivity contribution in [3.05, 3.63) is 52.4 Å². The first-order valence-electron chi connectivity index (χ1n) is 5.36. The highest BCUT2D eigenvalue weighted by Gasteiger charge is 2.08. The van der Waals surface area contributed by atoms with Crippen LogP contribution in [0.2, 0.25) is 0 Å². The van der Waals surface area contributed by atoms with Crippen LogP contribution in [0.3, 0.4) is 0 Å². The summed E-state index contributed by atoms with van der Waals surface area (Å²) in [7, 11) is 0. The van der Waals surface area contributed by atoms with Crippen molar-refractivity contribution < 1.29 is 0 Å². The van der Waals surface area contributed by atoms with Gasteiger partial charge >= 0.3 is 0 Å².